The highest BCUT2D eigenvalue weighted by Crippen LogP contribution is 2.32. The van der Waals surface area contributed by atoms with Gasteiger partial charge in [-0.1, -0.05) is 36.4 Å². The maximum Gasteiger partial charge on any atom is 0.258 e. The zero-order valence-electron chi connectivity index (χ0n) is 18.2. The molecule has 5 nitrogen and oxygen atoms in total. The number of aromatic nitrogens is 2. The van der Waals surface area contributed by atoms with Gasteiger partial charge in [0.2, 0.25) is 0 Å². The molecule has 0 unspecified atom stereocenters. The SMILES string of the molecule is Cn1c2c(c3ccc(-n4ccc(OCc5ccccc5)cc4=O)cc31)CNC(C)(C)C2. The minimum atomic E-state index is -0.105. The second-order valence-electron chi connectivity index (χ2n) is 8.94. The predicted molar refractivity (Wildman–Crippen MR) is 124 cm³/mol. The van der Waals surface area contributed by atoms with Crippen molar-refractivity contribution in [3.8, 4) is 11.4 Å². The number of hydrogen-bond donors (Lipinski definition) is 1. The van der Waals surface area contributed by atoms with Gasteiger partial charge < -0.3 is 14.6 Å². The van der Waals surface area contributed by atoms with Gasteiger partial charge >= 0.3 is 0 Å². The molecule has 1 aliphatic rings. The number of aryl methyl sites for hydroxylation is 1. The lowest BCUT2D eigenvalue weighted by molar-refractivity contribution is 0.305. The second kappa shape index (κ2) is 7.43. The van der Waals surface area contributed by atoms with Crippen molar-refractivity contribution < 1.29 is 4.74 Å². The first-order valence-corrected chi connectivity index (χ1v) is 10.7. The molecular weight excluding hydrogens is 386 g/mol. The van der Waals surface area contributed by atoms with E-state index in [0.717, 1.165) is 29.7 Å². The van der Waals surface area contributed by atoms with Crippen LogP contribution < -0.4 is 15.6 Å². The molecule has 0 saturated heterocycles. The third-order valence-electron chi connectivity index (χ3n) is 6.19. The molecule has 0 saturated carbocycles. The average molecular weight is 414 g/mol. The summed E-state index contributed by atoms with van der Waals surface area (Å²) in [5, 5.41) is 4.87. The highest BCUT2D eigenvalue weighted by atomic mass is 16.5. The van der Waals surface area contributed by atoms with Crippen molar-refractivity contribution in [1.29, 1.82) is 0 Å². The number of nitrogens with one attached hydrogen (secondary N) is 1. The predicted octanol–water partition coefficient (Wildman–Crippen LogP) is 4.33. The minimum Gasteiger partial charge on any atom is -0.489 e. The third kappa shape index (κ3) is 3.66. The van der Waals surface area contributed by atoms with Crippen LogP contribution in [0.3, 0.4) is 0 Å². The van der Waals surface area contributed by atoms with Gasteiger partial charge in [-0.3, -0.25) is 9.36 Å². The van der Waals surface area contributed by atoms with Gasteiger partial charge in [0.15, 0.2) is 0 Å². The van der Waals surface area contributed by atoms with Crippen LogP contribution in [0.4, 0.5) is 0 Å². The van der Waals surface area contributed by atoms with E-state index in [1.807, 2.05) is 42.5 Å². The first-order chi connectivity index (χ1) is 14.9. The van der Waals surface area contributed by atoms with Crippen molar-refractivity contribution in [2.45, 2.75) is 39.0 Å². The summed E-state index contributed by atoms with van der Waals surface area (Å²) < 4.78 is 9.75. The van der Waals surface area contributed by atoms with E-state index in [4.69, 9.17) is 4.74 Å². The van der Waals surface area contributed by atoms with Crippen molar-refractivity contribution in [3.63, 3.8) is 0 Å². The summed E-state index contributed by atoms with van der Waals surface area (Å²) in [6, 6.07) is 19.6. The Hall–Kier alpha value is -3.31. The lowest BCUT2D eigenvalue weighted by Gasteiger charge is -2.32. The summed E-state index contributed by atoms with van der Waals surface area (Å²) in [6.45, 7) is 5.78. The van der Waals surface area contributed by atoms with Crippen LogP contribution in [0.2, 0.25) is 0 Å². The average Bonchev–Trinajstić information content (AvgIpc) is 3.03. The Bertz CT molecular complexity index is 1320. The Balaban J connectivity index is 1.45. The number of pyridine rings is 1. The van der Waals surface area contributed by atoms with E-state index in [-0.39, 0.29) is 11.1 Å². The fraction of sp³-hybridized carbons (Fsp3) is 0.269. The van der Waals surface area contributed by atoms with Crippen LogP contribution in [-0.4, -0.2) is 14.7 Å². The standard InChI is InChI=1S/C26H27N3O2/c1-26(2)15-24-22(16-27-26)21-10-9-19(13-23(21)28(24)3)29-12-11-20(14-25(29)30)31-17-18-7-5-4-6-8-18/h4-14,27H,15-17H2,1-3H3. The Morgan fingerprint density at radius 2 is 1.87 bits per heavy atom. The summed E-state index contributed by atoms with van der Waals surface area (Å²) in [5.41, 5.74) is 5.79. The zero-order valence-corrected chi connectivity index (χ0v) is 18.2. The van der Waals surface area contributed by atoms with Crippen LogP contribution in [0.15, 0.2) is 71.7 Å². The van der Waals surface area contributed by atoms with Crippen molar-refractivity contribution >= 4 is 10.9 Å². The van der Waals surface area contributed by atoms with Crippen molar-refractivity contribution in [3.05, 3.63) is 94.0 Å². The highest BCUT2D eigenvalue weighted by Gasteiger charge is 2.28. The van der Waals surface area contributed by atoms with Gasteiger partial charge in [0.1, 0.15) is 12.4 Å². The normalized spacial score (nSPS) is 15.1. The fourth-order valence-electron chi connectivity index (χ4n) is 4.44. The van der Waals surface area contributed by atoms with Gasteiger partial charge in [-0.05, 0) is 43.2 Å². The molecule has 0 bridgehead atoms. The van der Waals surface area contributed by atoms with E-state index in [1.54, 1.807) is 16.8 Å². The van der Waals surface area contributed by atoms with E-state index in [2.05, 4.69) is 42.9 Å². The van der Waals surface area contributed by atoms with Gasteiger partial charge in [-0.15, -0.1) is 0 Å². The Morgan fingerprint density at radius 1 is 1.06 bits per heavy atom. The number of nitrogens with zero attached hydrogens (tertiary/aromatic N) is 2. The molecule has 0 fully saturated rings. The maximum atomic E-state index is 12.8. The fourth-order valence-corrected chi connectivity index (χ4v) is 4.44. The first kappa shape index (κ1) is 19.6. The molecule has 0 aliphatic carbocycles. The van der Waals surface area contributed by atoms with Crippen LogP contribution in [0.25, 0.3) is 16.6 Å². The van der Waals surface area contributed by atoms with Gasteiger partial charge in [0, 0.05) is 48.9 Å². The van der Waals surface area contributed by atoms with Crippen LogP contribution in [-0.2, 0) is 26.6 Å². The summed E-state index contributed by atoms with van der Waals surface area (Å²) in [6.07, 6.45) is 2.77. The maximum absolute atomic E-state index is 12.8. The smallest absolute Gasteiger partial charge is 0.258 e. The summed E-state index contributed by atoms with van der Waals surface area (Å²) in [5.74, 6) is 0.578. The van der Waals surface area contributed by atoms with Crippen molar-refractivity contribution in [2.75, 3.05) is 0 Å². The molecule has 31 heavy (non-hydrogen) atoms. The quantitative estimate of drug-likeness (QED) is 0.542. The molecule has 5 rings (SSSR count). The Morgan fingerprint density at radius 3 is 2.65 bits per heavy atom. The third-order valence-corrected chi connectivity index (χ3v) is 6.19. The molecule has 0 atom stereocenters. The zero-order chi connectivity index (χ0) is 21.6. The monoisotopic (exact) mass is 413 g/mol. The molecule has 0 spiro atoms. The molecule has 5 heteroatoms. The molecule has 2 aromatic heterocycles. The van der Waals surface area contributed by atoms with E-state index >= 15 is 0 Å². The molecule has 4 aromatic rings. The first-order valence-electron chi connectivity index (χ1n) is 10.7. The van der Waals surface area contributed by atoms with Gasteiger partial charge in [0.25, 0.3) is 5.56 Å². The molecule has 0 amide bonds. The molecular formula is C26H27N3O2. The van der Waals surface area contributed by atoms with Crippen LogP contribution in [0, 0.1) is 0 Å². The summed E-state index contributed by atoms with van der Waals surface area (Å²) in [7, 11) is 2.12. The number of fused-ring (bicyclic) bond motifs is 3. The summed E-state index contributed by atoms with van der Waals surface area (Å²) >= 11 is 0. The molecule has 0 radical (unpaired) electrons. The highest BCUT2D eigenvalue weighted by molar-refractivity contribution is 5.87. The lowest BCUT2D eigenvalue weighted by atomic mass is 9.91. The number of benzene rings is 2. The largest absolute Gasteiger partial charge is 0.489 e. The van der Waals surface area contributed by atoms with Crippen molar-refractivity contribution in [2.24, 2.45) is 7.05 Å². The topological polar surface area (TPSA) is 48.2 Å². The van der Waals surface area contributed by atoms with E-state index < -0.39 is 0 Å². The second-order valence-corrected chi connectivity index (χ2v) is 8.94. The molecule has 1 N–H and O–H groups in total. The molecule has 158 valence electrons. The Kier molecular flexibility index (Phi) is 4.71. The minimum absolute atomic E-state index is 0.0878. The van der Waals surface area contributed by atoms with Crippen LogP contribution >= 0.6 is 0 Å². The number of rotatable bonds is 4. The molecule has 2 aromatic carbocycles. The summed E-state index contributed by atoms with van der Waals surface area (Å²) in [4.78, 5) is 12.8. The van der Waals surface area contributed by atoms with E-state index in [1.165, 1.54) is 16.6 Å². The molecule has 1 aliphatic heterocycles. The Labute approximate surface area is 181 Å². The van der Waals surface area contributed by atoms with E-state index in [0.29, 0.717) is 12.4 Å². The van der Waals surface area contributed by atoms with Crippen LogP contribution in [0.5, 0.6) is 5.75 Å². The van der Waals surface area contributed by atoms with Gasteiger partial charge in [-0.2, -0.15) is 0 Å². The van der Waals surface area contributed by atoms with Gasteiger partial charge in [0.05, 0.1) is 11.2 Å². The van der Waals surface area contributed by atoms with Crippen LogP contribution in [0.1, 0.15) is 30.7 Å². The molecule has 3 heterocycles. The number of hydrogen-bond acceptors (Lipinski definition) is 3. The lowest BCUT2D eigenvalue weighted by Crippen LogP contribution is -2.44. The number of ether oxygens (including phenoxy) is 1. The van der Waals surface area contributed by atoms with Gasteiger partial charge in [-0.25, -0.2) is 0 Å². The van der Waals surface area contributed by atoms with E-state index in [9.17, 15) is 4.79 Å². The van der Waals surface area contributed by atoms with Crippen molar-refractivity contribution in [1.82, 2.24) is 14.5 Å².